The molecule has 0 saturated heterocycles. The molecule has 0 bridgehead atoms. The van der Waals surface area contributed by atoms with Gasteiger partial charge in [-0.25, -0.2) is 4.99 Å². The number of rotatable bonds is 6. The normalized spacial score (nSPS) is 13.0. The van der Waals surface area contributed by atoms with Crippen LogP contribution in [0.2, 0.25) is 10.0 Å². The average molecular weight is 383 g/mol. The summed E-state index contributed by atoms with van der Waals surface area (Å²) in [7, 11) is 0. The number of aliphatic imine (C=N–C) groups is 1. The number of nitrogens with zero attached hydrogens (tertiary/aromatic N) is 2. The average Bonchev–Trinajstić information content (AvgIpc) is 2.90. The summed E-state index contributed by atoms with van der Waals surface area (Å²) in [5, 5.41) is 11.9. The Balaban J connectivity index is 2.02. The zero-order chi connectivity index (χ0) is 18.4. The number of hydrogen-bond acceptors (Lipinski definition) is 3. The zero-order valence-electron chi connectivity index (χ0n) is 15.0. The minimum Gasteiger partial charge on any atom is -0.361 e. The van der Waals surface area contributed by atoms with Crippen LogP contribution in [0, 0.1) is 13.8 Å². The van der Waals surface area contributed by atoms with Crippen molar-refractivity contribution >= 4 is 29.2 Å². The van der Waals surface area contributed by atoms with E-state index in [1.807, 2.05) is 32.9 Å². The van der Waals surface area contributed by atoms with Gasteiger partial charge in [-0.3, -0.25) is 0 Å². The molecule has 25 heavy (non-hydrogen) atoms. The van der Waals surface area contributed by atoms with Crippen LogP contribution < -0.4 is 10.6 Å². The summed E-state index contributed by atoms with van der Waals surface area (Å²) in [5.74, 6) is 1.86. The molecule has 5 nitrogen and oxygen atoms in total. The quantitative estimate of drug-likeness (QED) is 0.571. The van der Waals surface area contributed by atoms with Crippen LogP contribution in [-0.2, 0) is 6.54 Å². The SMILES string of the molecule is CCNC(=NCc1ccc(Cl)cc1Cl)NCC(C)c1c(C)noc1C. The van der Waals surface area contributed by atoms with Crippen LogP contribution in [0.4, 0.5) is 0 Å². The van der Waals surface area contributed by atoms with E-state index < -0.39 is 0 Å². The predicted molar refractivity (Wildman–Crippen MR) is 104 cm³/mol. The van der Waals surface area contributed by atoms with Crippen molar-refractivity contribution < 1.29 is 4.52 Å². The zero-order valence-corrected chi connectivity index (χ0v) is 16.5. The van der Waals surface area contributed by atoms with E-state index in [1.165, 1.54) is 0 Å². The van der Waals surface area contributed by atoms with Gasteiger partial charge >= 0.3 is 0 Å². The third-order valence-electron chi connectivity index (χ3n) is 3.92. The van der Waals surface area contributed by atoms with E-state index in [-0.39, 0.29) is 5.92 Å². The van der Waals surface area contributed by atoms with E-state index in [4.69, 9.17) is 27.7 Å². The molecular formula is C18H24Cl2N4O. The summed E-state index contributed by atoms with van der Waals surface area (Å²) in [6.45, 7) is 10.1. The molecule has 0 aliphatic carbocycles. The highest BCUT2D eigenvalue weighted by molar-refractivity contribution is 6.35. The van der Waals surface area contributed by atoms with Gasteiger partial charge in [-0.2, -0.15) is 0 Å². The number of guanidine groups is 1. The third kappa shape index (κ3) is 5.38. The maximum atomic E-state index is 6.21. The molecular weight excluding hydrogens is 359 g/mol. The molecule has 0 radical (unpaired) electrons. The number of halogens is 2. The van der Waals surface area contributed by atoms with Crippen molar-refractivity contribution in [2.45, 2.75) is 40.2 Å². The van der Waals surface area contributed by atoms with Crippen molar-refractivity contribution in [3.63, 3.8) is 0 Å². The third-order valence-corrected chi connectivity index (χ3v) is 4.51. The molecule has 0 fully saturated rings. The predicted octanol–water partition coefficient (Wildman–Crippen LogP) is 4.46. The first-order chi connectivity index (χ1) is 11.9. The van der Waals surface area contributed by atoms with Gasteiger partial charge in [-0.05, 0) is 38.5 Å². The van der Waals surface area contributed by atoms with Crippen LogP contribution in [0.15, 0.2) is 27.7 Å². The second-order valence-electron chi connectivity index (χ2n) is 5.95. The van der Waals surface area contributed by atoms with Gasteiger partial charge < -0.3 is 15.2 Å². The summed E-state index contributed by atoms with van der Waals surface area (Å²) in [6.07, 6.45) is 0. The van der Waals surface area contributed by atoms with Crippen LogP contribution in [0.3, 0.4) is 0 Å². The molecule has 2 aromatic rings. The van der Waals surface area contributed by atoms with Crippen molar-refractivity contribution in [1.82, 2.24) is 15.8 Å². The summed E-state index contributed by atoms with van der Waals surface area (Å²) >= 11 is 12.1. The van der Waals surface area contributed by atoms with Crippen LogP contribution in [0.25, 0.3) is 0 Å². The Kier molecular flexibility index (Phi) is 7.14. The molecule has 136 valence electrons. The number of nitrogens with one attached hydrogen (secondary N) is 2. The van der Waals surface area contributed by atoms with E-state index in [9.17, 15) is 0 Å². The van der Waals surface area contributed by atoms with E-state index in [0.717, 1.165) is 41.6 Å². The molecule has 2 rings (SSSR count). The van der Waals surface area contributed by atoms with Crippen LogP contribution >= 0.6 is 23.2 Å². The molecule has 1 heterocycles. The highest BCUT2D eigenvalue weighted by Gasteiger charge is 2.16. The highest BCUT2D eigenvalue weighted by Crippen LogP contribution is 2.23. The van der Waals surface area contributed by atoms with Gasteiger partial charge in [0.15, 0.2) is 5.96 Å². The fourth-order valence-corrected chi connectivity index (χ4v) is 3.17. The molecule has 2 N–H and O–H groups in total. The minimum absolute atomic E-state index is 0.259. The molecule has 0 saturated carbocycles. The smallest absolute Gasteiger partial charge is 0.191 e. The van der Waals surface area contributed by atoms with Gasteiger partial charge in [0.2, 0.25) is 0 Å². The number of benzene rings is 1. The molecule has 1 atom stereocenters. The van der Waals surface area contributed by atoms with Gasteiger partial charge in [0, 0.05) is 34.6 Å². The molecule has 1 aromatic carbocycles. The Morgan fingerprint density at radius 3 is 2.64 bits per heavy atom. The molecule has 1 aromatic heterocycles. The molecule has 1 unspecified atom stereocenters. The first-order valence-corrected chi connectivity index (χ1v) is 9.06. The van der Waals surface area contributed by atoms with Gasteiger partial charge in [0.25, 0.3) is 0 Å². The first-order valence-electron chi connectivity index (χ1n) is 8.31. The summed E-state index contributed by atoms with van der Waals surface area (Å²) in [6, 6.07) is 5.44. The largest absolute Gasteiger partial charge is 0.361 e. The fraction of sp³-hybridized carbons (Fsp3) is 0.444. The molecule has 7 heteroatoms. The lowest BCUT2D eigenvalue weighted by atomic mass is 10.00. The maximum Gasteiger partial charge on any atom is 0.191 e. The van der Waals surface area contributed by atoms with Crippen molar-refractivity contribution in [3.8, 4) is 0 Å². The van der Waals surface area contributed by atoms with Crippen LogP contribution in [0.1, 0.15) is 42.3 Å². The number of hydrogen-bond donors (Lipinski definition) is 2. The van der Waals surface area contributed by atoms with Crippen molar-refractivity contribution in [1.29, 1.82) is 0 Å². The van der Waals surface area contributed by atoms with E-state index in [0.29, 0.717) is 16.6 Å². The monoisotopic (exact) mass is 382 g/mol. The summed E-state index contributed by atoms with van der Waals surface area (Å²) < 4.78 is 5.25. The molecule has 0 aliphatic rings. The highest BCUT2D eigenvalue weighted by atomic mass is 35.5. The lowest BCUT2D eigenvalue weighted by Gasteiger charge is -2.16. The Hall–Kier alpha value is -1.72. The Morgan fingerprint density at radius 1 is 1.28 bits per heavy atom. The van der Waals surface area contributed by atoms with Gasteiger partial charge in [0.1, 0.15) is 5.76 Å². The number of aryl methyl sites for hydroxylation is 2. The molecule has 0 aliphatic heterocycles. The van der Waals surface area contributed by atoms with Crippen LogP contribution in [-0.4, -0.2) is 24.2 Å². The summed E-state index contributed by atoms with van der Waals surface area (Å²) in [5.41, 5.74) is 3.01. The van der Waals surface area contributed by atoms with Gasteiger partial charge in [0.05, 0.1) is 12.2 Å². The Bertz CT molecular complexity index is 723. The minimum atomic E-state index is 0.259. The van der Waals surface area contributed by atoms with Crippen LogP contribution in [0.5, 0.6) is 0 Å². The van der Waals surface area contributed by atoms with E-state index >= 15 is 0 Å². The lowest BCUT2D eigenvalue weighted by Crippen LogP contribution is -2.39. The Labute approximate surface area is 158 Å². The molecule has 0 spiro atoms. The maximum absolute atomic E-state index is 6.21. The summed E-state index contributed by atoms with van der Waals surface area (Å²) in [4.78, 5) is 4.60. The van der Waals surface area contributed by atoms with Gasteiger partial charge in [-0.1, -0.05) is 41.3 Å². The Morgan fingerprint density at radius 2 is 2.04 bits per heavy atom. The van der Waals surface area contributed by atoms with Crippen molar-refractivity contribution in [3.05, 3.63) is 50.8 Å². The van der Waals surface area contributed by atoms with E-state index in [2.05, 4.69) is 27.7 Å². The van der Waals surface area contributed by atoms with E-state index in [1.54, 1.807) is 6.07 Å². The van der Waals surface area contributed by atoms with Crippen molar-refractivity contribution in [2.75, 3.05) is 13.1 Å². The van der Waals surface area contributed by atoms with Crippen molar-refractivity contribution in [2.24, 2.45) is 4.99 Å². The molecule has 0 amide bonds. The fourth-order valence-electron chi connectivity index (χ4n) is 2.70. The standard InChI is InChI=1S/C18H24Cl2N4O/c1-5-21-18(23-10-14-6-7-15(19)8-16(14)20)22-9-11(2)17-12(3)24-25-13(17)4/h6-8,11H,5,9-10H2,1-4H3,(H2,21,22,23). The number of aromatic nitrogens is 1. The first kappa shape index (κ1) is 19.6. The second kappa shape index (κ2) is 9.11. The lowest BCUT2D eigenvalue weighted by molar-refractivity contribution is 0.391. The topological polar surface area (TPSA) is 62.5 Å². The van der Waals surface area contributed by atoms with Gasteiger partial charge in [-0.15, -0.1) is 0 Å². The second-order valence-corrected chi connectivity index (χ2v) is 6.79.